The standard InChI is InChI=1S/C15H26N2O/c1-9-8-13(14(17)7-6-10(2)16)11(3)12(4)15(9)18-5/h8,10,14H,6-7,16-17H2,1-5H3. The lowest BCUT2D eigenvalue weighted by Crippen LogP contribution is -2.19. The monoisotopic (exact) mass is 250 g/mol. The summed E-state index contributed by atoms with van der Waals surface area (Å²) in [6.07, 6.45) is 1.87. The Balaban J connectivity index is 3.03. The molecule has 102 valence electrons. The van der Waals surface area contributed by atoms with Crippen molar-refractivity contribution in [2.24, 2.45) is 11.5 Å². The molecule has 0 heterocycles. The highest BCUT2D eigenvalue weighted by Gasteiger charge is 2.15. The van der Waals surface area contributed by atoms with Crippen LogP contribution in [0.4, 0.5) is 0 Å². The van der Waals surface area contributed by atoms with E-state index in [-0.39, 0.29) is 12.1 Å². The van der Waals surface area contributed by atoms with Gasteiger partial charge in [0.2, 0.25) is 0 Å². The molecule has 4 N–H and O–H groups in total. The van der Waals surface area contributed by atoms with E-state index in [2.05, 4.69) is 26.8 Å². The molecule has 18 heavy (non-hydrogen) atoms. The highest BCUT2D eigenvalue weighted by molar-refractivity contribution is 5.49. The van der Waals surface area contributed by atoms with Gasteiger partial charge in [-0.15, -0.1) is 0 Å². The Morgan fingerprint density at radius 2 is 1.72 bits per heavy atom. The van der Waals surface area contributed by atoms with Crippen LogP contribution in [0.3, 0.4) is 0 Å². The van der Waals surface area contributed by atoms with Crippen LogP contribution in [0.15, 0.2) is 6.07 Å². The molecule has 0 fully saturated rings. The number of benzene rings is 1. The van der Waals surface area contributed by atoms with Crippen LogP contribution in [0.25, 0.3) is 0 Å². The lowest BCUT2D eigenvalue weighted by molar-refractivity contribution is 0.407. The zero-order valence-corrected chi connectivity index (χ0v) is 12.2. The summed E-state index contributed by atoms with van der Waals surface area (Å²) < 4.78 is 5.43. The van der Waals surface area contributed by atoms with Crippen molar-refractivity contribution in [1.29, 1.82) is 0 Å². The predicted octanol–water partition coefficient (Wildman–Crippen LogP) is 2.75. The number of rotatable bonds is 5. The Kier molecular flexibility index (Phi) is 5.17. The summed E-state index contributed by atoms with van der Waals surface area (Å²) in [4.78, 5) is 0. The quantitative estimate of drug-likeness (QED) is 0.844. The molecule has 1 rings (SSSR count). The van der Waals surface area contributed by atoms with Crippen molar-refractivity contribution in [3.8, 4) is 5.75 Å². The van der Waals surface area contributed by atoms with Gasteiger partial charge in [0.1, 0.15) is 5.75 Å². The second kappa shape index (κ2) is 6.21. The van der Waals surface area contributed by atoms with Crippen LogP contribution in [0, 0.1) is 20.8 Å². The molecule has 0 saturated heterocycles. The number of methoxy groups -OCH3 is 1. The van der Waals surface area contributed by atoms with Gasteiger partial charge in [-0.05, 0) is 62.8 Å². The van der Waals surface area contributed by atoms with Crippen molar-refractivity contribution in [2.75, 3.05) is 7.11 Å². The van der Waals surface area contributed by atoms with Crippen LogP contribution in [0.5, 0.6) is 5.75 Å². The zero-order chi connectivity index (χ0) is 13.9. The molecule has 3 nitrogen and oxygen atoms in total. The first-order valence-corrected chi connectivity index (χ1v) is 6.54. The second-order valence-corrected chi connectivity index (χ2v) is 5.23. The third-order valence-corrected chi connectivity index (χ3v) is 3.60. The minimum Gasteiger partial charge on any atom is -0.496 e. The molecule has 0 aliphatic carbocycles. The van der Waals surface area contributed by atoms with Gasteiger partial charge in [0.05, 0.1) is 7.11 Å². The molecule has 0 bridgehead atoms. The lowest BCUT2D eigenvalue weighted by Gasteiger charge is -2.20. The summed E-state index contributed by atoms with van der Waals surface area (Å²) >= 11 is 0. The average molecular weight is 250 g/mol. The van der Waals surface area contributed by atoms with Crippen LogP contribution in [-0.2, 0) is 0 Å². The van der Waals surface area contributed by atoms with Gasteiger partial charge < -0.3 is 16.2 Å². The molecule has 0 aliphatic heterocycles. The Hall–Kier alpha value is -1.06. The summed E-state index contributed by atoms with van der Waals surface area (Å²) in [6, 6.07) is 2.41. The normalized spacial score (nSPS) is 14.4. The fourth-order valence-electron chi connectivity index (χ4n) is 2.39. The maximum absolute atomic E-state index is 6.28. The first-order valence-electron chi connectivity index (χ1n) is 6.54. The van der Waals surface area contributed by atoms with Crippen molar-refractivity contribution in [3.63, 3.8) is 0 Å². The van der Waals surface area contributed by atoms with E-state index in [0.29, 0.717) is 0 Å². The van der Waals surface area contributed by atoms with Gasteiger partial charge in [-0.3, -0.25) is 0 Å². The van der Waals surface area contributed by atoms with Crippen molar-refractivity contribution >= 4 is 0 Å². The topological polar surface area (TPSA) is 61.3 Å². The molecular formula is C15H26N2O. The van der Waals surface area contributed by atoms with E-state index in [1.807, 2.05) is 6.92 Å². The molecule has 0 spiro atoms. The van der Waals surface area contributed by atoms with Gasteiger partial charge in [0.15, 0.2) is 0 Å². The van der Waals surface area contributed by atoms with Crippen LogP contribution >= 0.6 is 0 Å². The molecule has 0 aromatic heterocycles. The highest BCUT2D eigenvalue weighted by atomic mass is 16.5. The van der Waals surface area contributed by atoms with Gasteiger partial charge in [-0.2, -0.15) is 0 Å². The van der Waals surface area contributed by atoms with Crippen LogP contribution < -0.4 is 16.2 Å². The molecule has 0 aliphatic rings. The summed E-state index contributed by atoms with van der Waals surface area (Å²) in [5.74, 6) is 0.968. The number of nitrogens with two attached hydrogens (primary N) is 2. The van der Waals surface area contributed by atoms with Gasteiger partial charge in [-0.1, -0.05) is 6.07 Å². The van der Waals surface area contributed by atoms with Crippen molar-refractivity contribution in [2.45, 2.75) is 52.6 Å². The Labute approximate surface area is 111 Å². The van der Waals surface area contributed by atoms with Crippen molar-refractivity contribution in [1.82, 2.24) is 0 Å². The molecule has 2 atom stereocenters. The smallest absolute Gasteiger partial charge is 0.124 e. The summed E-state index contributed by atoms with van der Waals surface area (Å²) in [5.41, 5.74) is 16.8. The maximum atomic E-state index is 6.28. The third-order valence-electron chi connectivity index (χ3n) is 3.60. The summed E-state index contributed by atoms with van der Waals surface area (Å²) in [7, 11) is 1.71. The highest BCUT2D eigenvalue weighted by Crippen LogP contribution is 2.32. The van der Waals surface area contributed by atoms with E-state index in [1.165, 1.54) is 16.7 Å². The van der Waals surface area contributed by atoms with Crippen LogP contribution in [-0.4, -0.2) is 13.2 Å². The Bertz CT molecular complexity index is 413. The SMILES string of the molecule is COc1c(C)cc(C(N)CCC(C)N)c(C)c1C. The first-order chi connectivity index (χ1) is 8.38. The summed E-state index contributed by atoms with van der Waals surface area (Å²) in [5, 5.41) is 0. The minimum absolute atomic E-state index is 0.0549. The zero-order valence-electron chi connectivity index (χ0n) is 12.2. The van der Waals surface area contributed by atoms with Gasteiger partial charge >= 0.3 is 0 Å². The van der Waals surface area contributed by atoms with Crippen molar-refractivity contribution in [3.05, 3.63) is 28.3 Å². The largest absolute Gasteiger partial charge is 0.496 e. The molecule has 2 unspecified atom stereocenters. The molecule has 1 aromatic rings. The fourth-order valence-corrected chi connectivity index (χ4v) is 2.39. The predicted molar refractivity (Wildman–Crippen MR) is 77.0 cm³/mol. The van der Waals surface area contributed by atoms with Crippen molar-refractivity contribution < 1.29 is 4.74 Å². The minimum atomic E-state index is 0.0549. The average Bonchev–Trinajstić information content (AvgIpc) is 2.31. The van der Waals surface area contributed by atoms with E-state index in [1.54, 1.807) is 7.11 Å². The number of ether oxygens (including phenoxy) is 1. The number of hydrogen-bond donors (Lipinski definition) is 2. The van der Waals surface area contributed by atoms with E-state index < -0.39 is 0 Å². The molecular weight excluding hydrogens is 224 g/mol. The van der Waals surface area contributed by atoms with Gasteiger partial charge in [-0.25, -0.2) is 0 Å². The van der Waals surface area contributed by atoms with Gasteiger partial charge in [0, 0.05) is 12.1 Å². The first kappa shape index (κ1) is 15.0. The number of hydrogen-bond acceptors (Lipinski definition) is 3. The maximum Gasteiger partial charge on any atom is 0.124 e. The Morgan fingerprint density at radius 1 is 1.11 bits per heavy atom. The van der Waals surface area contributed by atoms with Crippen LogP contribution in [0.1, 0.15) is 48.1 Å². The molecule has 3 heteroatoms. The van der Waals surface area contributed by atoms with Gasteiger partial charge in [0.25, 0.3) is 0 Å². The number of aryl methyl sites for hydroxylation is 1. The third kappa shape index (κ3) is 3.24. The molecule has 0 radical (unpaired) electrons. The lowest BCUT2D eigenvalue weighted by atomic mass is 9.91. The van der Waals surface area contributed by atoms with E-state index in [4.69, 9.17) is 16.2 Å². The molecule has 0 saturated carbocycles. The molecule has 0 amide bonds. The fraction of sp³-hybridized carbons (Fsp3) is 0.600. The van der Waals surface area contributed by atoms with Crippen LogP contribution in [0.2, 0.25) is 0 Å². The van der Waals surface area contributed by atoms with E-state index >= 15 is 0 Å². The second-order valence-electron chi connectivity index (χ2n) is 5.23. The van der Waals surface area contributed by atoms with E-state index in [0.717, 1.165) is 24.2 Å². The Morgan fingerprint density at radius 3 is 2.22 bits per heavy atom. The summed E-state index contributed by atoms with van der Waals surface area (Å²) in [6.45, 7) is 8.28. The van der Waals surface area contributed by atoms with E-state index in [9.17, 15) is 0 Å². The molecule has 1 aromatic carbocycles.